The molecule has 0 aliphatic heterocycles. The Balaban J connectivity index is 1.85. The van der Waals surface area contributed by atoms with E-state index in [1.165, 1.54) is 50.6 Å². The highest BCUT2D eigenvalue weighted by atomic mass is 32.1. The number of amides is 2. The molecule has 8 heteroatoms. The van der Waals surface area contributed by atoms with Gasteiger partial charge in [-0.05, 0) is 36.6 Å². The number of ether oxygens (including phenoxy) is 1. The summed E-state index contributed by atoms with van der Waals surface area (Å²) in [6.07, 6.45) is 6.16. The first-order chi connectivity index (χ1) is 13.2. The third-order valence-corrected chi connectivity index (χ3v) is 6.14. The molecule has 156 valence electrons. The lowest BCUT2D eigenvalue weighted by atomic mass is 9.89. The number of carbonyl (C=O) groups excluding carboxylic acids is 3. The van der Waals surface area contributed by atoms with Gasteiger partial charge in [-0.3, -0.25) is 9.59 Å². The maximum Gasteiger partial charge on any atom is 0.350 e. The Morgan fingerprint density at radius 3 is 2.43 bits per heavy atom. The van der Waals surface area contributed by atoms with E-state index in [4.69, 9.17) is 4.74 Å². The van der Waals surface area contributed by atoms with E-state index in [0.717, 1.165) is 12.1 Å². The van der Waals surface area contributed by atoms with Crippen LogP contribution in [0.15, 0.2) is 5.38 Å². The fourth-order valence-corrected chi connectivity index (χ4v) is 4.48. The highest BCUT2D eigenvalue weighted by Crippen LogP contribution is 2.28. The minimum atomic E-state index is -0.468. The van der Waals surface area contributed by atoms with Gasteiger partial charge in [0.05, 0.1) is 26.9 Å². The lowest BCUT2D eigenvalue weighted by molar-refractivity contribution is -0.874. The summed E-state index contributed by atoms with van der Waals surface area (Å²) in [5, 5.41) is 7.64. The van der Waals surface area contributed by atoms with Crippen molar-refractivity contribution in [2.24, 2.45) is 5.92 Å². The average molecular weight is 411 g/mol. The third-order valence-electron chi connectivity index (χ3n) is 5.07. The number of nitrogens with one attached hydrogen (secondary N) is 2. The summed E-state index contributed by atoms with van der Waals surface area (Å²) in [4.78, 5) is 37.1. The zero-order valence-electron chi connectivity index (χ0n) is 17.3. The van der Waals surface area contributed by atoms with E-state index in [1.807, 2.05) is 21.0 Å². The summed E-state index contributed by atoms with van der Waals surface area (Å²) >= 11 is 1.24. The molecule has 0 radical (unpaired) electrons. The molecule has 1 heterocycles. The maximum absolute atomic E-state index is 12.5. The van der Waals surface area contributed by atoms with Gasteiger partial charge in [0.15, 0.2) is 13.1 Å². The van der Waals surface area contributed by atoms with E-state index < -0.39 is 5.97 Å². The molecule has 2 rings (SSSR count). The van der Waals surface area contributed by atoms with Crippen molar-refractivity contribution in [3.63, 3.8) is 0 Å². The molecule has 0 bridgehead atoms. The standard InChI is InChI=1S/C20H31N3O4S/c1-14-13-28-19(20(26)27-4)18(14)22-17(25)12-23(2,3)11-16(24)21-10-15-8-6-5-7-9-15/h13,15H,5-12H2,1-4H3,(H-,21,22,24,25,26)/p+1. The molecule has 0 aromatic carbocycles. The molecule has 2 amide bonds. The van der Waals surface area contributed by atoms with Crippen molar-refractivity contribution in [1.82, 2.24) is 5.32 Å². The van der Waals surface area contributed by atoms with Crippen LogP contribution in [0.1, 0.15) is 47.3 Å². The smallest absolute Gasteiger partial charge is 0.350 e. The predicted molar refractivity (Wildman–Crippen MR) is 110 cm³/mol. The Kier molecular flexibility index (Phi) is 8.00. The van der Waals surface area contributed by atoms with Gasteiger partial charge >= 0.3 is 5.97 Å². The number of aryl methyl sites for hydroxylation is 1. The van der Waals surface area contributed by atoms with E-state index in [1.54, 1.807) is 5.38 Å². The van der Waals surface area contributed by atoms with Crippen molar-refractivity contribution < 1.29 is 23.6 Å². The third kappa shape index (κ3) is 6.60. The Morgan fingerprint density at radius 1 is 1.14 bits per heavy atom. The number of thiophene rings is 1. The number of carbonyl (C=O) groups is 3. The fourth-order valence-electron chi connectivity index (χ4n) is 3.56. The lowest BCUT2D eigenvalue weighted by Gasteiger charge is -2.29. The average Bonchev–Trinajstić information content (AvgIpc) is 2.99. The van der Waals surface area contributed by atoms with Crippen molar-refractivity contribution in [2.75, 3.05) is 46.2 Å². The SMILES string of the molecule is COC(=O)c1scc(C)c1NC(=O)C[N+](C)(C)CC(=O)NCC1CCCCC1. The van der Waals surface area contributed by atoms with E-state index in [2.05, 4.69) is 10.6 Å². The molecule has 2 N–H and O–H groups in total. The van der Waals surface area contributed by atoms with Gasteiger partial charge < -0.3 is 19.9 Å². The number of rotatable bonds is 8. The topological polar surface area (TPSA) is 84.5 Å². The van der Waals surface area contributed by atoms with Gasteiger partial charge in [-0.1, -0.05) is 19.3 Å². The number of hydrogen-bond donors (Lipinski definition) is 2. The lowest BCUT2D eigenvalue weighted by Crippen LogP contribution is -2.51. The minimum Gasteiger partial charge on any atom is -0.465 e. The monoisotopic (exact) mass is 410 g/mol. The van der Waals surface area contributed by atoms with E-state index in [0.29, 0.717) is 16.5 Å². The van der Waals surface area contributed by atoms with Crippen LogP contribution in [0.5, 0.6) is 0 Å². The predicted octanol–water partition coefficient (Wildman–Crippen LogP) is 2.55. The van der Waals surface area contributed by atoms with Gasteiger partial charge in [-0.25, -0.2) is 4.79 Å². The van der Waals surface area contributed by atoms with Gasteiger partial charge in [0.2, 0.25) is 0 Å². The zero-order valence-corrected chi connectivity index (χ0v) is 18.1. The first-order valence-electron chi connectivity index (χ1n) is 9.77. The Hall–Kier alpha value is -1.93. The number of hydrogen-bond acceptors (Lipinski definition) is 5. The van der Waals surface area contributed by atoms with Crippen molar-refractivity contribution in [3.8, 4) is 0 Å². The van der Waals surface area contributed by atoms with Gasteiger partial charge in [0.25, 0.3) is 11.8 Å². The highest BCUT2D eigenvalue weighted by molar-refractivity contribution is 7.12. The van der Waals surface area contributed by atoms with Crippen LogP contribution in [0.4, 0.5) is 5.69 Å². The zero-order chi connectivity index (χ0) is 20.7. The number of methoxy groups -OCH3 is 1. The van der Waals surface area contributed by atoms with Crippen molar-refractivity contribution in [2.45, 2.75) is 39.0 Å². The number of anilines is 1. The van der Waals surface area contributed by atoms with Crippen molar-refractivity contribution in [3.05, 3.63) is 15.8 Å². The Morgan fingerprint density at radius 2 is 1.79 bits per heavy atom. The van der Waals surface area contributed by atoms with Crippen LogP contribution in [-0.2, 0) is 14.3 Å². The van der Waals surface area contributed by atoms with Crippen LogP contribution in [-0.4, -0.2) is 63.1 Å². The highest BCUT2D eigenvalue weighted by Gasteiger charge is 2.26. The first kappa shape index (κ1) is 22.4. The van der Waals surface area contributed by atoms with Crippen LogP contribution in [0, 0.1) is 12.8 Å². The summed E-state index contributed by atoms with van der Waals surface area (Å²) in [6.45, 7) is 2.91. The molecule has 1 aliphatic carbocycles. The molecule has 7 nitrogen and oxygen atoms in total. The van der Waals surface area contributed by atoms with Crippen LogP contribution in [0.25, 0.3) is 0 Å². The fraction of sp³-hybridized carbons (Fsp3) is 0.650. The molecule has 1 saturated carbocycles. The van der Waals surface area contributed by atoms with Gasteiger partial charge in [-0.2, -0.15) is 0 Å². The van der Waals surface area contributed by atoms with E-state index in [-0.39, 0.29) is 29.4 Å². The second-order valence-electron chi connectivity index (χ2n) is 8.22. The summed E-state index contributed by atoms with van der Waals surface area (Å²) in [5.74, 6) is -0.166. The molecule has 1 aromatic rings. The van der Waals surface area contributed by atoms with Crippen LogP contribution < -0.4 is 10.6 Å². The summed E-state index contributed by atoms with van der Waals surface area (Å²) < 4.78 is 5.00. The molecule has 0 atom stereocenters. The van der Waals surface area contributed by atoms with E-state index in [9.17, 15) is 14.4 Å². The van der Waals surface area contributed by atoms with Gasteiger partial charge in [-0.15, -0.1) is 11.3 Å². The second kappa shape index (κ2) is 10.0. The molecule has 1 fully saturated rings. The number of esters is 1. The summed E-state index contributed by atoms with van der Waals surface area (Å²) in [5.41, 5.74) is 1.30. The molecule has 0 unspecified atom stereocenters. The molecule has 0 saturated heterocycles. The molecule has 28 heavy (non-hydrogen) atoms. The largest absolute Gasteiger partial charge is 0.465 e. The maximum atomic E-state index is 12.5. The quantitative estimate of drug-likeness (QED) is 0.510. The first-order valence-corrected chi connectivity index (χ1v) is 10.6. The van der Waals surface area contributed by atoms with Crippen LogP contribution in [0.2, 0.25) is 0 Å². The number of likely N-dealkylation sites (N-methyl/N-ethyl adjacent to an activating group) is 1. The summed E-state index contributed by atoms with van der Waals surface area (Å²) in [7, 11) is 5.01. The van der Waals surface area contributed by atoms with Crippen molar-refractivity contribution in [1.29, 1.82) is 0 Å². The van der Waals surface area contributed by atoms with Crippen molar-refractivity contribution >= 4 is 34.8 Å². The Bertz CT molecular complexity index is 708. The van der Waals surface area contributed by atoms with Gasteiger partial charge in [0.1, 0.15) is 4.88 Å². The minimum absolute atomic E-state index is 0.0367. The van der Waals surface area contributed by atoms with Gasteiger partial charge in [0, 0.05) is 6.54 Å². The summed E-state index contributed by atoms with van der Waals surface area (Å²) in [6, 6.07) is 0. The van der Waals surface area contributed by atoms with E-state index >= 15 is 0 Å². The number of quaternary nitrogens is 1. The molecule has 1 aliphatic rings. The molecule has 0 spiro atoms. The number of nitrogens with zero attached hydrogens (tertiary/aromatic N) is 1. The van der Waals surface area contributed by atoms with Crippen LogP contribution >= 0.6 is 11.3 Å². The molecular weight excluding hydrogens is 378 g/mol. The molecular formula is C20H32N3O4S+. The Labute approximate surface area is 171 Å². The molecule has 1 aromatic heterocycles. The van der Waals surface area contributed by atoms with Crippen LogP contribution in [0.3, 0.4) is 0 Å². The normalized spacial score (nSPS) is 15.1. The second-order valence-corrected chi connectivity index (χ2v) is 9.10.